The van der Waals surface area contributed by atoms with Gasteiger partial charge in [0.2, 0.25) is 5.91 Å². The van der Waals surface area contributed by atoms with Crippen molar-refractivity contribution >= 4 is 17.4 Å². The van der Waals surface area contributed by atoms with E-state index in [9.17, 15) is 4.79 Å². The van der Waals surface area contributed by atoms with Crippen LogP contribution < -0.4 is 21.5 Å². The van der Waals surface area contributed by atoms with Gasteiger partial charge in [0.1, 0.15) is 18.2 Å². The van der Waals surface area contributed by atoms with Gasteiger partial charge >= 0.3 is 0 Å². The number of rotatable bonds is 6. The van der Waals surface area contributed by atoms with Crippen molar-refractivity contribution in [2.45, 2.75) is 0 Å². The van der Waals surface area contributed by atoms with Crippen molar-refractivity contribution in [3.05, 3.63) is 48.2 Å². The molecule has 1 aromatic heterocycles. The second-order valence-electron chi connectivity index (χ2n) is 4.14. The molecular weight excluding hydrogens is 256 g/mol. The lowest BCUT2D eigenvalue weighted by Gasteiger charge is -2.08. The highest BCUT2D eigenvalue weighted by molar-refractivity contribution is 5.92. The summed E-state index contributed by atoms with van der Waals surface area (Å²) < 4.78 is 5.52. The molecule has 1 heterocycles. The number of primary amides is 1. The Bertz CT molecular complexity index is 567. The number of carbonyl (C=O) groups excluding carboxylic acids is 1. The molecule has 0 bridgehead atoms. The van der Waals surface area contributed by atoms with Crippen molar-refractivity contribution in [2.75, 3.05) is 24.2 Å². The van der Waals surface area contributed by atoms with E-state index in [1.54, 1.807) is 24.3 Å². The van der Waals surface area contributed by atoms with Crippen LogP contribution in [0.25, 0.3) is 0 Å². The number of hydrogen-bond donors (Lipinski definition) is 3. The number of pyridine rings is 1. The third-order valence-corrected chi connectivity index (χ3v) is 2.61. The summed E-state index contributed by atoms with van der Waals surface area (Å²) in [5.41, 5.74) is 11.8. The van der Waals surface area contributed by atoms with E-state index in [-0.39, 0.29) is 0 Å². The number of nitrogens with two attached hydrogens (primary N) is 2. The monoisotopic (exact) mass is 272 g/mol. The van der Waals surface area contributed by atoms with Gasteiger partial charge in [0.05, 0.1) is 12.1 Å². The Hall–Kier alpha value is -2.76. The summed E-state index contributed by atoms with van der Waals surface area (Å²) in [7, 11) is 0. The van der Waals surface area contributed by atoms with Crippen LogP contribution in [0.3, 0.4) is 0 Å². The number of ether oxygens (including phenoxy) is 1. The van der Waals surface area contributed by atoms with Crippen LogP contribution in [0.1, 0.15) is 10.4 Å². The second kappa shape index (κ2) is 6.42. The van der Waals surface area contributed by atoms with Crippen LogP contribution in [-0.4, -0.2) is 24.0 Å². The third kappa shape index (κ3) is 3.88. The maximum absolute atomic E-state index is 10.9. The van der Waals surface area contributed by atoms with Gasteiger partial charge in [0.25, 0.3) is 0 Å². The fourth-order valence-corrected chi connectivity index (χ4v) is 1.56. The molecule has 0 atom stereocenters. The van der Waals surface area contributed by atoms with Crippen LogP contribution in [0.15, 0.2) is 42.6 Å². The van der Waals surface area contributed by atoms with E-state index in [4.69, 9.17) is 16.2 Å². The van der Waals surface area contributed by atoms with Crippen molar-refractivity contribution in [2.24, 2.45) is 5.73 Å². The number of nitrogen functional groups attached to an aromatic ring is 1. The van der Waals surface area contributed by atoms with Gasteiger partial charge in [-0.15, -0.1) is 0 Å². The van der Waals surface area contributed by atoms with E-state index in [0.717, 1.165) is 5.75 Å². The largest absolute Gasteiger partial charge is 0.492 e. The van der Waals surface area contributed by atoms with E-state index in [0.29, 0.717) is 30.2 Å². The Morgan fingerprint density at radius 3 is 2.55 bits per heavy atom. The Balaban J connectivity index is 1.75. The zero-order valence-corrected chi connectivity index (χ0v) is 10.9. The van der Waals surface area contributed by atoms with Crippen molar-refractivity contribution in [1.82, 2.24) is 4.98 Å². The molecule has 0 radical (unpaired) electrons. The van der Waals surface area contributed by atoms with E-state index < -0.39 is 5.91 Å². The fraction of sp³-hybridized carbons (Fsp3) is 0.143. The number of amides is 1. The van der Waals surface area contributed by atoms with Crippen LogP contribution in [-0.2, 0) is 0 Å². The number of carbonyl (C=O) groups is 1. The number of hydrogen-bond acceptors (Lipinski definition) is 5. The average Bonchev–Trinajstić information content (AvgIpc) is 2.46. The first-order valence-electron chi connectivity index (χ1n) is 6.13. The lowest BCUT2D eigenvalue weighted by atomic mass is 10.3. The van der Waals surface area contributed by atoms with Gasteiger partial charge in [0.15, 0.2) is 0 Å². The maximum atomic E-state index is 10.9. The van der Waals surface area contributed by atoms with Crippen molar-refractivity contribution < 1.29 is 9.53 Å². The summed E-state index contributed by atoms with van der Waals surface area (Å²) in [5.74, 6) is 0.935. The predicted octanol–water partition coefficient (Wildman–Crippen LogP) is 1.25. The number of nitrogens with one attached hydrogen (secondary N) is 1. The molecule has 2 rings (SSSR count). The van der Waals surface area contributed by atoms with Gasteiger partial charge in [-0.3, -0.25) is 4.79 Å². The first kappa shape index (κ1) is 13.7. The second-order valence-corrected chi connectivity index (χ2v) is 4.14. The predicted molar refractivity (Wildman–Crippen MR) is 77.6 cm³/mol. The lowest BCUT2D eigenvalue weighted by Crippen LogP contribution is -2.14. The summed E-state index contributed by atoms with van der Waals surface area (Å²) >= 11 is 0. The van der Waals surface area contributed by atoms with Gasteiger partial charge in [-0.05, 0) is 36.4 Å². The molecule has 0 saturated heterocycles. The van der Waals surface area contributed by atoms with Gasteiger partial charge in [-0.1, -0.05) is 0 Å². The van der Waals surface area contributed by atoms with E-state index >= 15 is 0 Å². The first-order chi connectivity index (χ1) is 9.65. The molecule has 0 spiro atoms. The van der Waals surface area contributed by atoms with Crippen molar-refractivity contribution in [1.29, 1.82) is 0 Å². The SMILES string of the molecule is NC(=O)c1ccc(NCCOc2ccc(N)cc2)nc1. The zero-order chi connectivity index (χ0) is 14.4. The van der Waals surface area contributed by atoms with Crippen LogP contribution in [0.4, 0.5) is 11.5 Å². The van der Waals surface area contributed by atoms with Crippen LogP contribution in [0, 0.1) is 0 Å². The molecule has 6 heteroatoms. The fourth-order valence-electron chi connectivity index (χ4n) is 1.56. The van der Waals surface area contributed by atoms with Gasteiger partial charge in [-0.25, -0.2) is 4.98 Å². The normalized spacial score (nSPS) is 10.0. The highest BCUT2D eigenvalue weighted by Gasteiger charge is 2.00. The molecular formula is C14H16N4O2. The lowest BCUT2D eigenvalue weighted by molar-refractivity contribution is 0.1000. The van der Waals surface area contributed by atoms with Crippen LogP contribution in [0.5, 0.6) is 5.75 Å². The summed E-state index contributed by atoms with van der Waals surface area (Å²) in [4.78, 5) is 15.0. The van der Waals surface area contributed by atoms with Crippen molar-refractivity contribution in [3.63, 3.8) is 0 Å². The smallest absolute Gasteiger partial charge is 0.250 e. The number of nitrogens with zero attached hydrogens (tertiary/aromatic N) is 1. The van der Waals surface area contributed by atoms with Crippen LogP contribution in [0.2, 0.25) is 0 Å². The van der Waals surface area contributed by atoms with E-state index in [1.165, 1.54) is 6.20 Å². The minimum atomic E-state index is -0.490. The average molecular weight is 272 g/mol. The topological polar surface area (TPSA) is 103 Å². The first-order valence-corrected chi connectivity index (χ1v) is 6.13. The molecule has 20 heavy (non-hydrogen) atoms. The summed E-state index contributed by atoms with van der Waals surface area (Å²) in [6.07, 6.45) is 1.44. The molecule has 6 nitrogen and oxygen atoms in total. The molecule has 0 aliphatic carbocycles. The molecule has 0 saturated carbocycles. The minimum absolute atomic E-state index is 0.383. The van der Waals surface area contributed by atoms with Crippen molar-refractivity contribution in [3.8, 4) is 5.75 Å². The zero-order valence-electron chi connectivity index (χ0n) is 10.9. The Morgan fingerprint density at radius 1 is 1.20 bits per heavy atom. The molecule has 0 aliphatic rings. The van der Waals surface area contributed by atoms with Gasteiger partial charge in [-0.2, -0.15) is 0 Å². The molecule has 2 aromatic rings. The van der Waals surface area contributed by atoms with Gasteiger partial charge < -0.3 is 21.5 Å². The van der Waals surface area contributed by atoms with E-state index in [1.807, 2.05) is 12.1 Å². The summed E-state index contributed by atoms with van der Waals surface area (Å²) in [6.45, 7) is 1.08. The Morgan fingerprint density at radius 2 is 1.95 bits per heavy atom. The quantitative estimate of drug-likeness (QED) is 0.542. The number of aromatic nitrogens is 1. The third-order valence-electron chi connectivity index (χ3n) is 2.61. The molecule has 0 fully saturated rings. The van der Waals surface area contributed by atoms with E-state index in [2.05, 4.69) is 10.3 Å². The summed E-state index contributed by atoms with van der Waals surface area (Å²) in [6, 6.07) is 10.5. The minimum Gasteiger partial charge on any atom is -0.492 e. The summed E-state index contributed by atoms with van der Waals surface area (Å²) in [5, 5.41) is 3.08. The molecule has 104 valence electrons. The molecule has 0 unspecified atom stereocenters. The van der Waals surface area contributed by atoms with Crippen LogP contribution >= 0.6 is 0 Å². The number of benzene rings is 1. The molecule has 5 N–H and O–H groups in total. The number of anilines is 2. The Kier molecular flexibility index (Phi) is 4.39. The molecule has 1 amide bonds. The molecule has 0 aliphatic heterocycles. The Labute approximate surface area is 116 Å². The highest BCUT2D eigenvalue weighted by atomic mass is 16.5. The standard InChI is InChI=1S/C14H16N4O2/c15-11-2-4-12(5-3-11)20-8-7-17-13-6-1-10(9-18-13)14(16)19/h1-6,9H,7-8,15H2,(H2,16,19)(H,17,18). The highest BCUT2D eigenvalue weighted by Crippen LogP contribution is 2.12. The molecule has 1 aromatic carbocycles. The maximum Gasteiger partial charge on any atom is 0.250 e. The van der Waals surface area contributed by atoms with Gasteiger partial charge in [0, 0.05) is 11.9 Å².